The van der Waals surface area contributed by atoms with Gasteiger partial charge in [0.15, 0.2) is 0 Å². The second-order valence-electron chi connectivity index (χ2n) is 5.35. The van der Waals surface area contributed by atoms with Crippen molar-refractivity contribution in [3.8, 4) is 0 Å². The normalized spacial score (nSPS) is 11.8. The molecule has 6 nitrogen and oxygen atoms in total. The van der Waals surface area contributed by atoms with Gasteiger partial charge >= 0.3 is 0 Å². The van der Waals surface area contributed by atoms with Gasteiger partial charge in [-0.2, -0.15) is 4.31 Å². The molecule has 0 bridgehead atoms. The van der Waals surface area contributed by atoms with Crippen molar-refractivity contribution in [2.24, 2.45) is 7.05 Å². The van der Waals surface area contributed by atoms with Gasteiger partial charge in [0.05, 0.1) is 0 Å². The monoisotopic (exact) mass is 369 g/mol. The molecule has 2 rings (SSSR count). The first-order chi connectivity index (χ1) is 11.4. The second kappa shape index (κ2) is 7.96. The summed E-state index contributed by atoms with van der Waals surface area (Å²) in [4.78, 5) is 13.7. The Labute approximate surface area is 147 Å². The van der Waals surface area contributed by atoms with Crippen LogP contribution >= 0.6 is 11.3 Å². The molecule has 8 heteroatoms. The highest BCUT2D eigenvalue weighted by Gasteiger charge is 2.25. The van der Waals surface area contributed by atoms with Gasteiger partial charge in [0.1, 0.15) is 10.6 Å². The number of carbonyl (C=O) groups excluding carboxylic acids is 1. The van der Waals surface area contributed by atoms with E-state index in [1.165, 1.54) is 21.4 Å². The first-order valence-electron chi connectivity index (χ1n) is 7.87. The molecule has 1 N–H and O–H groups in total. The summed E-state index contributed by atoms with van der Waals surface area (Å²) < 4.78 is 28.0. The van der Waals surface area contributed by atoms with Crippen molar-refractivity contribution in [3.05, 3.63) is 40.3 Å². The summed E-state index contributed by atoms with van der Waals surface area (Å²) in [5.41, 5.74) is 0.340. The standard InChI is InChI=1S/C16H23N3O3S2/c1-4-19(5-2)24(21,22)14-11-15(18(3)12-14)16(20)17-9-8-13-7-6-10-23-13/h6-7,10-12H,4-5,8-9H2,1-3H3,(H,17,20). The molecule has 0 atom stereocenters. The van der Waals surface area contributed by atoms with E-state index in [2.05, 4.69) is 5.32 Å². The number of hydrogen-bond donors (Lipinski definition) is 1. The molecular formula is C16H23N3O3S2. The van der Waals surface area contributed by atoms with Crippen LogP contribution in [0.1, 0.15) is 29.2 Å². The van der Waals surface area contributed by atoms with Crippen molar-refractivity contribution in [1.82, 2.24) is 14.2 Å². The van der Waals surface area contributed by atoms with Crippen LogP contribution in [0.5, 0.6) is 0 Å². The highest BCUT2D eigenvalue weighted by molar-refractivity contribution is 7.89. The predicted molar refractivity (Wildman–Crippen MR) is 95.9 cm³/mol. The molecule has 0 aliphatic heterocycles. The van der Waals surface area contributed by atoms with Crippen molar-refractivity contribution in [1.29, 1.82) is 0 Å². The number of amides is 1. The van der Waals surface area contributed by atoms with Crippen molar-refractivity contribution < 1.29 is 13.2 Å². The maximum Gasteiger partial charge on any atom is 0.267 e. The third kappa shape index (κ3) is 4.06. The number of aromatic nitrogens is 1. The van der Waals surface area contributed by atoms with E-state index in [0.29, 0.717) is 25.3 Å². The molecule has 0 unspecified atom stereocenters. The van der Waals surface area contributed by atoms with E-state index in [4.69, 9.17) is 0 Å². The van der Waals surface area contributed by atoms with Crippen LogP contribution in [-0.2, 0) is 23.5 Å². The minimum Gasteiger partial charge on any atom is -0.350 e. The zero-order chi connectivity index (χ0) is 17.7. The van der Waals surface area contributed by atoms with Gasteiger partial charge in [-0.3, -0.25) is 4.79 Å². The molecular weight excluding hydrogens is 346 g/mol. The summed E-state index contributed by atoms with van der Waals surface area (Å²) in [5, 5.41) is 4.84. The summed E-state index contributed by atoms with van der Waals surface area (Å²) >= 11 is 1.65. The lowest BCUT2D eigenvalue weighted by atomic mass is 10.3. The number of nitrogens with one attached hydrogen (secondary N) is 1. The van der Waals surface area contributed by atoms with Crippen molar-refractivity contribution in [3.63, 3.8) is 0 Å². The highest BCUT2D eigenvalue weighted by Crippen LogP contribution is 2.18. The molecule has 132 valence electrons. The number of carbonyl (C=O) groups is 1. The molecule has 0 fully saturated rings. The van der Waals surface area contributed by atoms with Crippen molar-refractivity contribution in [2.75, 3.05) is 19.6 Å². The van der Waals surface area contributed by atoms with Crippen LogP contribution in [0.25, 0.3) is 0 Å². The molecule has 0 aliphatic rings. The topological polar surface area (TPSA) is 71.4 Å². The Morgan fingerprint density at radius 2 is 2.04 bits per heavy atom. The molecule has 1 amide bonds. The Bertz CT molecular complexity index is 776. The zero-order valence-corrected chi connectivity index (χ0v) is 15.8. The van der Waals surface area contributed by atoms with Crippen LogP contribution in [0.4, 0.5) is 0 Å². The number of nitrogens with zero attached hydrogens (tertiary/aromatic N) is 2. The highest BCUT2D eigenvalue weighted by atomic mass is 32.2. The number of aryl methyl sites for hydroxylation is 1. The van der Waals surface area contributed by atoms with E-state index >= 15 is 0 Å². The Morgan fingerprint density at radius 1 is 1.33 bits per heavy atom. The van der Waals surface area contributed by atoms with Gasteiger partial charge < -0.3 is 9.88 Å². The summed E-state index contributed by atoms with van der Waals surface area (Å²) in [6.07, 6.45) is 2.25. The van der Waals surface area contributed by atoms with E-state index in [9.17, 15) is 13.2 Å². The fourth-order valence-electron chi connectivity index (χ4n) is 2.46. The van der Waals surface area contributed by atoms with Gasteiger partial charge in [-0.15, -0.1) is 11.3 Å². The van der Waals surface area contributed by atoms with E-state index in [0.717, 1.165) is 6.42 Å². The van der Waals surface area contributed by atoms with Gasteiger partial charge in [-0.1, -0.05) is 19.9 Å². The largest absolute Gasteiger partial charge is 0.350 e. The summed E-state index contributed by atoms with van der Waals surface area (Å²) in [7, 11) is -1.88. The third-order valence-corrected chi connectivity index (χ3v) is 6.74. The van der Waals surface area contributed by atoms with Crippen LogP contribution in [-0.4, -0.2) is 42.8 Å². The molecule has 24 heavy (non-hydrogen) atoms. The summed E-state index contributed by atoms with van der Waals surface area (Å²) in [5.74, 6) is -0.268. The van der Waals surface area contributed by atoms with Crippen LogP contribution in [0.15, 0.2) is 34.7 Å². The maximum absolute atomic E-state index is 12.5. The summed E-state index contributed by atoms with van der Waals surface area (Å²) in [6.45, 7) is 4.90. The van der Waals surface area contributed by atoms with Gasteiger partial charge in [-0.25, -0.2) is 8.42 Å². The van der Waals surface area contributed by atoms with Crippen LogP contribution in [0, 0.1) is 0 Å². The fourth-order valence-corrected chi connectivity index (χ4v) is 4.70. The van der Waals surface area contributed by atoms with E-state index in [-0.39, 0.29) is 10.8 Å². The lowest BCUT2D eigenvalue weighted by Crippen LogP contribution is -2.30. The predicted octanol–water partition coefficient (Wildman–Crippen LogP) is 2.09. The molecule has 2 aromatic rings. The first kappa shape index (κ1) is 18.7. The Kier molecular flexibility index (Phi) is 6.20. The van der Waals surface area contributed by atoms with E-state index in [1.54, 1.807) is 36.8 Å². The third-order valence-electron chi connectivity index (χ3n) is 3.79. The Hall–Kier alpha value is -1.64. The van der Waals surface area contributed by atoms with Crippen LogP contribution < -0.4 is 5.32 Å². The zero-order valence-electron chi connectivity index (χ0n) is 14.2. The molecule has 0 aliphatic carbocycles. The van der Waals surface area contributed by atoms with Crippen molar-refractivity contribution in [2.45, 2.75) is 25.2 Å². The Balaban J connectivity index is 2.09. The van der Waals surface area contributed by atoms with E-state index < -0.39 is 10.0 Å². The minimum atomic E-state index is -3.56. The quantitative estimate of drug-likeness (QED) is 0.774. The average Bonchev–Trinajstić information content (AvgIpc) is 3.18. The Morgan fingerprint density at radius 3 is 2.62 bits per heavy atom. The number of sulfonamides is 1. The van der Waals surface area contributed by atoms with Gasteiger partial charge in [0.25, 0.3) is 5.91 Å². The molecule has 0 saturated heterocycles. The van der Waals surface area contributed by atoms with Crippen LogP contribution in [0.3, 0.4) is 0 Å². The van der Waals surface area contributed by atoms with Gasteiger partial charge in [0.2, 0.25) is 10.0 Å². The lowest BCUT2D eigenvalue weighted by molar-refractivity contribution is 0.0946. The number of rotatable bonds is 8. The average molecular weight is 370 g/mol. The molecule has 0 aromatic carbocycles. The second-order valence-corrected chi connectivity index (χ2v) is 8.32. The molecule has 0 radical (unpaired) electrons. The summed E-state index contributed by atoms with van der Waals surface area (Å²) in [6, 6.07) is 5.44. The van der Waals surface area contributed by atoms with Gasteiger partial charge in [-0.05, 0) is 23.9 Å². The van der Waals surface area contributed by atoms with Crippen molar-refractivity contribution >= 4 is 27.3 Å². The van der Waals surface area contributed by atoms with E-state index in [1.807, 2.05) is 17.5 Å². The smallest absolute Gasteiger partial charge is 0.267 e. The first-order valence-corrected chi connectivity index (χ1v) is 10.2. The molecule has 2 aromatic heterocycles. The molecule has 0 spiro atoms. The van der Waals surface area contributed by atoms with Crippen LogP contribution in [0.2, 0.25) is 0 Å². The molecule has 2 heterocycles. The fraction of sp³-hybridized carbons (Fsp3) is 0.438. The minimum absolute atomic E-state index is 0.150. The number of thiophene rings is 1. The maximum atomic E-state index is 12.5. The number of hydrogen-bond acceptors (Lipinski definition) is 4. The molecule has 0 saturated carbocycles. The van der Waals surface area contributed by atoms with Gasteiger partial charge in [0, 0.05) is 37.8 Å². The SMILES string of the molecule is CCN(CC)S(=O)(=O)c1cc(C(=O)NCCc2cccs2)n(C)c1. The lowest BCUT2D eigenvalue weighted by Gasteiger charge is -2.17.